The molecule has 1 aliphatic heterocycles. The molecule has 0 aromatic heterocycles. The van der Waals surface area contributed by atoms with Crippen LogP contribution < -0.4 is 0 Å². The number of carbonyl (C=O) groups is 2. The average Bonchev–Trinajstić information content (AvgIpc) is 2.35. The van der Waals surface area contributed by atoms with Gasteiger partial charge in [0.15, 0.2) is 0 Å². The van der Waals surface area contributed by atoms with Crippen molar-refractivity contribution in [2.24, 2.45) is 0 Å². The van der Waals surface area contributed by atoms with Crippen molar-refractivity contribution >= 4 is 22.6 Å². The largest absolute Gasteiger partial charge is 0.475 e. The van der Waals surface area contributed by atoms with Gasteiger partial charge in [-0.15, -0.1) is 0 Å². The Hall–Kier alpha value is -1.23. The summed E-state index contributed by atoms with van der Waals surface area (Å²) in [7, 11) is -1.17. The summed E-state index contributed by atoms with van der Waals surface area (Å²) >= 11 is 0. The molecule has 0 aromatic rings. The van der Waals surface area contributed by atoms with E-state index in [1.807, 2.05) is 0 Å². The predicted molar refractivity (Wildman–Crippen MR) is 42.6 cm³/mol. The Morgan fingerprint density at radius 3 is 2.58 bits per heavy atom. The van der Waals surface area contributed by atoms with Crippen LogP contribution in [-0.4, -0.2) is 21.1 Å². The van der Waals surface area contributed by atoms with Gasteiger partial charge in [0.1, 0.15) is 0 Å². The second-order valence-electron chi connectivity index (χ2n) is 2.23. The first kappa shape index (κ1) is 8.86. The number of Topliss-reactive ketones (excluding diaryl/α,β-unsaturated/α-hetero) is 1. The fraction of sp³-hybridized carbons (Fsp3) is 0.143. The quantitative estimate of drug-likeness (QED) is 0.638. The van der Waals surface area contributed by atoms with Gasteiger partial charge < -0.3 is 5.11 Å². The first-order valence-electron chi connectivity index (χ1n) is 3.14. The Labute approximate surface area is 71.0 Å². The minimum atomic E-state index is -1.46. The number of ketones is 1. The van der Waals surface area contributed by atoms with Crippen LogP contribution in [0, 0.1) is 0 Å². The fourth-order valence-corrected chi connectivity index (χ4v) is 1.59. The lowest BCUT2D eigenvalue weighted by atomic mass is 10.1. The number of hydrogen-bond donors (Lipinski definition) is 1. The van der Waals surface area contributed by atoms with E-state index in [2.05, 4.69) is 0 Å². The zero-order chi connectivity index (χ0) is 9.14. The Bertz CT molecular complexity index is 313. The summed E-state index contributed by atoms with van der Waals surface area (Å²) in [6.07, 6.45) is 1.31. The van der Waals surface area contributed by atoms with Crippen molar-refractivity contribution in [2.75, 3.05) is 0 Å². The van der Waals surface area contributed by atoms with Crippen molar-refractivity contribution in [3.05, 3.63) is 22.5 Å². The van der Waals surface area contributed by atoms with Crippen molar-refractivity contribution in [1.29, 1.82) is 0 Å². The maximum absolute atomic E-state index is 10.7. The van der Waals surface area contributed by atoms with Gasteiger partial charge in [-0.2, -0.15) is 0 Å². The molecule has 1 heterocycles. The summed E-state index contributed by atoms with van der Waals surface area (Å²) in [5.74, 6) is -2.34. The van der Waals surface area contributed by atoms with E-state index in [0.29, 0.717) is 5.57 Å². The smallest absolute Gasteiger partial charge is 0.372 e. The van der Waals surface area contributed by atoms with Crippen molar-refractivity contribution in [3.63, 3.8) is 0 Å². The van der Waals surface area contributed by atoms with Crippen LogP contribution >= 0.6 is 0 Å². The van der Waals surface area contributed by atoms with E-state index in [1.165, 1.54) is 16.9 Å². The molecule has 1 rings (SSSR count). The van der Waals surface area contributed by atoms with Crippen molar-refractivity contribution in [3.8, 4) is 0 Å². The number of allylic oxidation sites excluding steroid dienone is 2. The van der Waals surface area contributed by atoms with E-state index in [-0.39, 0.29) is 6.42 Å². The highest BCUT2D eigenvalue weighted by Gasteiger charge is 2.14. The molecule has 4 nitrogen and oxygen atoms in total. The van der Waals surface area contributed by atoms with Gasteiger partial charge in [-0.05, 0) is 11.6 Å². The van der Waals surface area contributed by atoms with Gasteiger partial charge in [0, 0.05) is 17.2 Å². The Morgan fingerprint density at radius 2 is 2.17 bits per heavy atom. The number of aliphatic carboxylic acids is 1. The van der Waals surface area contributed by atoms with E-state index in [9.17, 15) is 13.8 Å². The molecular weight excluding hydrogens is 180 g/mol. The molecule has 1 aliphatic rings. The predicted octanol–water partition coefficient (Wildman–Crippen LogP) is 0.190. The number of carbonyl (C=O) groups excluding carboxylic acids is 1. The highest BCUT2D eigenvalue weighted by Crippen LogP contribution is 2.13. The zero-order valence-corrected chi connectivity index (χ0v) is 6.84. The third-order valence-corrected chi connectivity index (χ3v) is 2.23. The van der Waals surface area contributed by atoms with Gasteiger partial charge in [-0.1, -0.05) is 0 Å². The SMILES string of the molecule is O=C(O)C(=O)CC1=CS(=O)C=C1. The second-order valence-corrected chi connectivity index (χ2v) is 3.39. The van der Waals surface area contributed by atoms with E-state index < -0.39 is 22.6 Å². The van der Waals surface area contributed by atoms with E-state index >= 15 is 0 Å². The lowest BCUT2D eigenvalue weighted by Gasteiger charge is -1.91. The van der Waals surface area contributed by atoms with Gasteiger partial charge in [0.25, 0.3) is 0 Å². The molecule has 0 aliphatic carbocycles. The Kier molecular flexibility index (Phi) is 2.54. The van der Waals surface area contributed by atoms with Crippen molar-refractivity contribution in [2.45, 2.75) is 6.42 Å². The summed E-state index contributed by atoms with van der Waals surface area (Å²) in [5, 5.41) is 11.0. The van der Waals surface area contributed by atoms with E-state index in [4.69, 9.17) is 5.11 Å². The zero-order valence-electron chi connectivity index (χ0n) is 6.02. The summed E-state index contributed by atoms with van der Waals surface area (Å²) in [6.45, 7) is 0. The fourth-order valence-electron chi connectivity index (χ4n) is 0.744. The number of carboxylic acids is 1. The van der Waals surface area contributed by atoms with Gasteiger partial charge in [0.05, 0.1) is 10.8 Å². The third-order valence-electron chi connectivity index (χ3n) is 1.29. The topological polar surface area (TPSA) is 71.4 Å². The molecule has 5 heteroatoms. The second kappa shape index (κ2) is 3.44. The van der Waals surface area contributed by atoms with Crippen LogP contribution in [-0.2, 0) is 20.4 Å². The summed E-state index contributed by atoms with van der Waals surface area (Å²) < 4.78 is 10.7. The van der Waals surface area contributed by atoms with Crippen molar-refractivity contribution in [1.82, 2.24) is 0 Å². The normalized spacial score (nSPS) is 20.7. The van der Waals surface area contributed by atoms with Crippen LogP contribution in [0.4, 0.5) is 0 Å². The molecule has 0 saturated heterocycles. The van der Waals surface area contributed by atoms with Crippen LogP contribution in [0.25, 0.3) is 0 Å². The van der Waals surface area contributed by atoms with Gasteiger partial charge >= 0.3 is 5.97 Å². The molecule has 0 bridgehead atoms. The molecule has 1 atom stereocenters. The maximum atomic E-state index is 10.7. The molecule has 1 N–H and O–H groups in total. The molecule has 0 fully saturated rings. The molecule has 12 heavy (non-hydrogen) atoms. The first-order chi connectivity index (χ1) is 5.59. The molecule has 0 amide bonds. The molecule has 64 valence electrons. The molecular formula is C7H6O4S. The third kappa shape index (κ3) is 2.13. The van der Waals surface area contributed by atoms with Gasteiger partial charge in [-0.25, -0.2) is 4.79 Å². The minimum absolute atomic E-state index is 0.183. The summed E-state index contributed by atoms with van der Waals surface area (Å²) in [4.78, 5) is 20.7. The van der Waals surface area contributed by atoms with E-state index in [1.54, 1.807) is 0 Å². The van der Waals surface area contributed by atoms with Crippen LogP contribution in [0.1, 0.15) is 6.42 Å². The number of hydrogen-bond acceptors (Lipinski definition) is 3. The number of carboxylic acid groups (broad SMARTS) is 1. The lowest BCUT2D eigenvalue weighted by Crippen LogP contribution is -2.12. The number of rotatable bonds is 3. The van der Waals surface area contributed by atoms with Gasteiger partial charge in [0.2, 0.25) is 5.78 Å². The monoisotopic (exact) mass is 186 g/mol. The molecule has 0 saturated carbocycles. The summed E-state index contributed by atoms with van der Waals surface area (Å²) in [6, 6.07) is 0. The lowest BCUT2D eigenvalue weighted by molar-refractivity contribution is -0.148. The Balaban J connectivity index is 2.60. The Morgan fingerprint density at radius 1 is 1.50 bits per heavy atom. The molecule has 0 radical (unpaired) electrons. The van der Waals surface area contributed by atoms with Crippen LogP contribution in [0.15, 0.2) is 22.5 Å². The minimum Gasteiger partial charge on any atom is -0.475 e. The average molecular weight is 186 g/mol. The molecule has 0 spiro atoms. The molecule has 1 unspecified atom stereocenters. The standard InChI is InChI=1S/C7H6O4S/c8-6(7(9)10)3-5-1-2-12(11)4-5/h1-2,4H,3H2,(H,9,10). The van der Waals surface area contributed by atoms with E-state index in [0.717, 1.165) is 0 Å². The maximum Gasteiger partial charge on any atom is 0.372 e. The van der Waals surface area contributed by atoms with Crippen molar-refractivity contribution < 1.29 is 18.9 Å². The first-order valence-corrected chi connectivity index (χ1v) is 4.41. The highest BCUT2D eigenvalue weighted by molar-refractivity contribution is 7.91. The highest BCUT2D eigenvalue weighted by atomic mass is 32.2. The van der Waals surface area contributed by atoms with Gasteiger partial charge in [-0.3, -0.25) is 9.00 Å². The molecule has 0 aromatic carbocycles. The van der Waals surface area contributed by atoms with Crippen LogP contribution in [0.2, 0.25) is 0 Å². The summed E-state index contributed by atoms with van der Waals surface area (Å²) in [5.41, 5.74) is 0.501. The van der Waals surface area contributed by atoms with Crippen LogP contribution in [0.3, 0.4) is 0 Å². The van der Waals surface area contributed by atoms with Crippen LogP contribution in [0.5, 0.6) is 0 Å².